The predicted octanol–water partition coefficient (Wildman–Crippen LogP) is 1.25. The summed E-state index contributed by atoms with van der Waals surface area (Å²) in [4.78, 5) is 21.2. The van der Waals surface area contributed by atoms with Gasteiger partial charge in [-0.05, 0) is 17.9 Å². The molecule has 4 N–H and O–H groups in total. The molecule has 1 aromatic rings. The highest BCUT2D eigenvalue weighted by Crippen LogP contribution is 2.27. The molecule has 0 aromatic carbocycles. The summed E-state index contributed by atoms with van der Waals surface area (Å²) in [5.74, 6) is -1.07. The Hall–Kier alpha value is -1.56. The third-order valence-electron chi connectivity index (χ3n) is 1.43. The van der Waals surface area contributed by atoms with Crippen LogP contribution in [0.5, 0.6) is 0 Å². The number of primary amides is 1. The van der Waals surface area contributed by atoms with E-state index in [0.717, 1.165) is 11.3 Å². The number of carboxylic acid groups (broad SMARTS) is 1. The van der Waals surface area contributed by atoms with Crippen LogP contribution in [0.4, 0.5) is 9.80 Å². The number of carbonyl (C=O) groups is 2. The molecule has 1 heterocycles. The zero-order valence-electron chi connectivity index (χ0n) is 6.83. The van der Waals surface area contributed by atoms with E-state index in [1.165, 1.54) is 0 Å². The fraction of sp³-hybridized carbons (Fsp3) is 0.143. The number of hydrogen-bond donors (Lipinski definition) is 3. The number of thiophene rings is 1. The van der Waals surface area contributed by atoms with Gasteiger partial charge >= 0.3 is 12.0 Å². The summed E-state index contributed by atoms with van der Waals surface area (Å²) in [7, 11) is 0. The summed E-state index contributed by atoms with van der Waals surface area (Å²) in [6.45, 7) is 1.66. The Kier molecular flexibility index (Phi) is 2.52. The van der Waals surface area contributed by atoms with Gasteiger partial charge in [0.1, 0.15) is 5.00 Å². The van der Waals surface area contributed by atoms with E-state index in [0.29, 0.717) is 5.56 Å². The molecule has 0 atom stereocenters. The second-order valence-corrected chi connectivity index (χ2v) is 3.30. The summed E-state index contributed by atoms with van der Waals surface area (Å²) >= 11 is 1.14. The lowest BCUT2D eigenvalue weighted by molar-refractivity contribution is 0.0698. The van der Waals surface area contributed by atoms with Gasteiger partial charge in [0, 0.05) is 0 Å². The smallest absolute Gasteiger partial charge is 0.338 e. The van der Waals surface area contributed by atoms with Gasteiger partial charge in [0.15, 0.2) is 0 Å². The Morgan fingerprint density at radius 3 is 2.69 bits per heavy atom. The number of nitrogens with two attached hydrogens (primary N) is 1. The molecule has 0 fully saturated rings. The van der Waals surface area contributed by atoms with Crippen LogP contribution in [-0.2, 0) is 0 Å². The second kappa shape index (κ2) is 3.44. The van der Waals surface area contributed by atoms with E-state index in [9.17, 15) is 9.59 Å². The van der Waals surface area contributed by atoms with E-state index < -0.39 is 12.0 Å². The van der Waals surface area contributed by atoms with E-state index in [1.54, 1.807) is 12.3 Å². The van der Waals surface area contributed by atoms with E-state index in [2.05, 4.69) is 5.32 Å². The summed E-state index contributed by atoms with van der Waals surface area (Å²) in [5, 5.41) is 12.9. The summed E-state index contributed by atoms with van der Waals surface area (Å²) in [6.07, 6.45) is 0. The van der Waals surface area contributed by atoms with Gasteiger partial charge in [-0.3, -0.25) is 5.32 Å². The van der Waals surface area contributed by atoms with Gasteiger partial charge in [-0.1, -0.05) is 0 Å². The Morgan fingerprint density at radius 2 is 2.23 bits per heavy atom. The standard InChI is InChI=1S/C7H8N2O3S/c1-3-2-13-5(9-7(8)12)4(3)6(10)11/h2H,1H3,(H,10,11)(H3,8,9,12). The van der Waals surface area contributed by atoms with Crippen LogP contribution < -0.4 is 11.1 Å². The number of aryl methyl sites for hydroxylation is 1. The molecule has 6 heteroatoms. The van der Waals surface area contributed by atoms with Gasteiger partial charge in [0.2, 0.25) is 0 Å². The summed E-state index contributed by atoms with van der Waals surface area (Å²) in [6, 6.07) is -0.760. The highest BCUT2D eigenvalue weighted by molar-refractivity contribution is 7.15. The van der Waals surface area contributed by atoms with Crippen LogP contribution in [-0.4, -0.2) is 17.1 Å². The van der Waals surface area contributed by atoms with Gasteiger partial charge < -0.3 is 10.8 Å². The minimum absolute atomic E-state index is 0.101. The average molecular weight is 200 g/mol. The Morgan fingerprint density at radius 1 is 1.62 bits per heavy atom. The molecule has 70 valence electrons. The maximum atomic E-state index is 10.7. The molecule has 0 saturated carbocycles. The van der Waals surface area contributed by atoms with Crippen LogP contribution in [0, 0.1) is 6.92 Å². The van der Waals surface area contributed by atoms with Crippen LogP contribution in [0.1, 0.15) is 15.9 Å². The molecular weight excluding hydrogens is 192 g/mol. The normalized spacial score (nSPS) is 9.62. The number of rotatable bonds is 2. The molecule has 1 rings (SSSR count). The second-order valence-electron chi connectivity index (χ2n) is 2.42. The zero-order valence-corrected chi connectivity index (χ0v) is 7.64. The largest absolute Gasteiger partial charge is 0.478 e. The molecule has 13 heavy (non-hydrogen) atoms. The van der Waals surface area contributed by atoms with Crippen molar-refractivity contribution in [2.45, 2.75) is 6.92 Å². The molecule has 5 nitrogen and oxygen atoms in total. The topological polar surface area (TPSA) is 92.4 Å². The minimum atomic E-state index is -1.07. The Labute approximate surface area is 78.2 Å². The van der Waals surface area contributed by atoms with Crippen LogP contribution in [0.2, 0.25) is 0 Å². The number of carbonyl (C=O) groups excluding carboxylic acids is 1. The molecule has 0 spiro atoms. The van der Waals surface area contributed by atoms with Crippen molar-refractivity contribution in [2.24, 2.45) is 5.73 Å². The Bertz CT molecular complexity index is 359. The van der Waals surface area contributed by atoms with Crippen molar-refractivity contribution < 1.29 is 14.7 Å². The maximum Gasteiger partial charge on any atom is 0.338 e. The lowest BCUT2D eigenvalue weighted by atomic mass is 10.2. The lowest BCUT2D eigenvalue weighted by Crippen LogP contribution is -2.20. The minimum Gasteiger partial charge on any atom is -0.478 e. The third-order valence-corrected chi connectivity index (χ3v) is 2.44. The highest BCUT2D eigenvalue weighted by Gasteiger charge is 2.16. The number of hydrogen-bond acceptors (Lipinski definition) is 3. The first kappa shape index (κ1) is 9.53. The quantitative estimate of drug-likeness (QED) is 0.670. The highest BCUT2D eigenvalue weighted by atomic mass is 32.1. The SMILES string of the molecule is Cc1csc(NC(N)=O)c1C(=O)O. The molecule has 0 aliphatic rings. The fourth-order valence-corrected chi connectivity index (χ4v) is 1.85. The molecule has 0 aliphatic heterocycles. The van der Waals surface area contributed by atoms with Crippen molar-refractivity contribution in [1.29, 1.82) is 0 Å². The lowest BCUT2D eigenvalue weighted by Gasteiger charge is -1.99. The van der Waals surface area contributed by atoms with Crippen LogP contribution >= 0.6 is 11.3 Å². The molecule has 2 amide bonds. The average Bonchev–Trinajstić information content (AvgIpc) is 2.30. The number of nitrogens with one attached hydrogen (secondary N) is 1. The Balaban J connectivity index is 3.07. The van der Waals surface area contributed by atoms with Crippen molar-refractivity contribution in [3.05, 3.63) is 16.5 Å². The first-order valence-electron chi connectivity index (χ1n) is 3.40. The fourth-order valence-electron chi connectivity index (χ4n) is 0.914. The molecule has 1 aromatic heterocycles. The van der Waals surface area contributed by atoms with Gasteiger partial charge in [0.25, 0.3) is 0 Å². The van der Waals surface area contributed by atoms with Gasteiger partial charge in [0.05, 0.1) is 5.56 Å². The summed E-state index contributed by atoms with van der Waals surface area (Å²) < 4.78 is 0. The van der Waals surface area contributed by atoms with Gasteiger partial charge in [-0.15, -0.1) is 11.3 Å². The number of carboxylic acids is 1. The maximum absolute atomic E-state index is 10.7. The van der Waals surface area contributed by atoms with Crippen molar-refractivity contribution >= 4 is 28.3 Å². The van der Waals surface area contributed by atoms with Crippen LogP contribution in [0.25, 0.3) is 0 Å². The van der Waals surface area contributed by atoms with Crippen molar-refractivity contribution in [1.82, 2.24) is 0 Å². The number of amides is 2. The molecule has 0 aliphatic carbocycles. The molecule has 0 radical (unpaired) electrons. The molecular formula is C7H8N2O3S. The van der Waals surface area contributed by atoms with Crippen LogP contribution in [0.3, 0.4) is 0 Å². The van der Waals surface area contributed by atoms with Crippen molar-refractivity contribution in [3.63, 3.8) is 0 Å². The molecule has 0 saturated heterocycles. The van der Waals surface area contributed by atoms with Crippen molar-refractivity contribution in [2.75, 3.05) is 5.32 Å². The van der Waals surface area contributed by atoms with Gasteiger partial charge in [-0.25, -0.2) is 9.59 Å². The van der Waals surface area contributed by atoms with E-state index in [-0.39, 0.29) is 10.6 Å². The number of aromatic carboxylic acids is 1. The van der Waals surface area contributed by atoms with Gasteiger partial charge in [-0.2, -0.15) is 0 Å². The monoisotopic (exact) mass is 200 g/mol. The predicted molar refractivity (Wildman–Crippen MR) is 49.2 cm³/mol. The van der Waals surface area contributed by atoms with E-state index in [4.69, 9.17) is 10.8 Å². The third kappa shape index (κ3) is 1.97. The van der Waals surface area contributed by atoms with Crippen LogP contribution in [0.15, 0.2) is 5.38 Å². The molecule has 0 unspecified atom stereocenters. The van der Waals surface area contributed by atoms with E-state index >= 15 is 0 Å². The molecule has 0 bridgehead atoms. The first-order chi connectivity index (χ1) is 6.02. The van der Waals surface area contributed by atoms with E-state index in [1.807, 2.05) is 0 Å². The summed E-state index contributed by atoms with van der Waals surface area (Å²) in [5.41, 5.74) is 5.58. The first-order valence-corrected chi connectivity index (χ1v) is 4.28. The number of anilines is 1. The number of urea groups is 1. The van der Waals surface area contributed by atoms with Crippen molar-refractivity contribution in [3.8, 4) is 0 Å². The zero-order chi connectivity index (χ0) is 10.0.